The van der Waals surface area contributed by atoms with Crippen LogP contribution in [0.3, 0.4) is 0 Å². The maximum Gasteiger partial charge on any atom is 0.0864 e. The molecule has 0 saturated carbocycles. The minimum absolute atomic E-state index is 0.445. The van der Waals surface area contributed by atoms with Gasteiger partial charge in [-0.2, -0.15) is 0 Å². The van der Waals surface area contributed by atoms with Crippen LogP contribution in [0.4, 0.5) is 0 Å². The van der Waals surface area contributed by atoms with Crippen LogP contribution in [0.15, 0.2) is 48.7 Å². The summed E-state index contributed by atoms with van der Waals surface area (Å²) in [5, 5.41) is 0. The van der Waals surface area contributed by atoms with Gasteiger partial charge >= 0.3 is 0 Å². The summed E-state index contributed by atoms with van der Waals surface area (Å²) in [5.74, 6) is 6.43. The molecule has 1 unspecified atom stereocenters. The van der Waals surface area contributed by atoms with E-state index in [0.29, 0.717) is 5.54 Å². The Hall–Kier alpha value is -1.52. The van der Waals surface area contributed by atoms with E-state index < -0.39 is 8.07 Å². The van der Waals surface area contributed by atoms with Crippen molar-refractivity contribution in [2.24, 2.45) is 0 Å². The largest absolute Gasteiger partial charge is 0.107 e. The molecule has 88 valence electrons. The third kappa shape index (κ3) is 4.46. The van der Waals surface area contributed by atoms with Crippen LogP contribution < -0.4 is 0 Å². The second-order valence-electron chi connectivity index (χ2n) is 4.78. The summed E-state index contributed by atoms with van der Waals surface area (Å²) in [4.78, 5) is 0. The molecule has 1 heteroatoms. The van der Waals surface area contributed by atoms with Gasteiger partial charge < -0.3 is 0 Å². The maximum absolute atomic E-state index is 3.91. The van der Waals surface area contributed by atoms with Crippen LogP contribution in [-0.2, 0) is 0 Å². The minimum atomic E-state index is -1.35. The Kier molecular flexibility index (Phi) is 5.00. The van der Waals surface area contributed by atoms with Crippen molar-refractivity contribution >= 4 is 14.1 Å². The van der Waals surface area contributed by atoms with E-state index in [1.165, 1.54) is 5.56 Å². The zero-order valence-corrected chi connectivity index (χ0v) is 11.9. The molecule has 0 aromatic heterocycles. The average molecular weight is 240 g/mol. The highest BCUT2D eigenvalue weighted by Crippen LogP contribution is 2.20. The van der Waals surface area contributed by atoms with Crippen molar-refractivity contribution in [1.29, 1.82) is 0 Å². The molecule has 0 aliphatic rings. The molecule has 0 nitrogen and oxygen atoms in total. The van der Waals surface area contributed by atoms with Gasteiger partial charge in [0.2, 0.25) is 0 Å². The number of rotatable bonds is 3. The molecule has 0 aliphatic heterocycles. The molecule has 0 heterocycles. The minimum Gasteiger partial charge on any atom is -0.107 e. The fraction of sp³-hybridized carbons (Fsp3) is 0.250. The van der Waals surface area contributed by atoms with Gasteiger partial charge in [-0.3, -0.25) is 0 Å². The van der Waals surface area contributed by atoms with E-state index >= 15 is 0 Å². The molecular formula is C16H20Si. The van der Waals surface area contributed by atoms with Crippen molar-refractivity contribution in [3.8, 4) is 11.8 Å². The van der Waals surface area contributed by atoms with E-state index in [9.17, 15) is 0 Å². The SMILES string of the molecule is C=C[Si](C)(C)C(C)C#C/C=C/c1ccccc1. The summed E-state index contributed by atoms with van der Waals surface area (Å²) in [6.07, 6.45) is 3.97. The predicted molar refractivity (Wildman–Crippen MR) is 80.4 cm³/mol. The maximum atomic E-state index is 3.91. The van der Waals surface area contributed by atoms with Gasteiger partial charge in [-0.05, 0) is 17.7 Å². The Bertz CT molecular complexity index is 443. The molecule has 0 fully saturated rings. The van der Waals surface area contributed by atoms with Crippen molar-refractivity contribution in [3.63, 3.8) is 0 Å². The highest BCUT2D eigenvalue weighted by atomic mass is 28.3. The Morgan fingerprint density at radius 3 is 2.47 bits per heavy atom. The van der Waals surface area contributed by atoms with Crippen molar-refractivity contribution in [1.82, 2.24) is 0 Å². The van der Waals surface area contributed by atoms with E-state index in [2.05, 4.69) is 56.3 Å². The zero-order valence-electron chi connectivity index (χ0n) is 10.9. The second kappa shape index (κ2) is 6.27. The lowest BCUT2D eigenvalue weighted by atomic mass is 10.2. The number of allylic oxidation sites excluding steroid dienone is 1. The zero-order chi connectivity index (χ0) is 12.7. The first kappa shape index (κ1) is 13.5. The summed E-state index contributed by atoms with van der Waals surface area (Å²) < 4.78 is 0. The lowest BCUT2D eigenvalue weighted by Crippen LogP contribution is -2.27. The molecule has 17 heavy (non-hydrogen) atoms. The number of hydrogen-bond acceptors (Lipinski definition) is 0. The number of benzene rings is 1. The van der Waals surface area contributed by atoms with Crippen LogP contribution >= 0.6 is 0 Å². The van der Waals surface area contributed by atoms with Crippen LogP contribution in [0.5, 0.6) is 0 Å². The van der Waals surface area contributed by atoms with Crippen LogP contribution in [0, 0.1) is 11.8 Å². The van der Waals surface area contributed by atoms with E-state index in [4.69, 9.17) is 0 Å². The summed E-state index contributed by atoms with van der Waals surface area (Å²) in [5.41, 5.74) is 3.74. The smallest absolute Gasteiger partial charge is 0.0864 e. The third-order valence-electron chi connectivity index (χ3n) is 3.10. The second-order valence-corrected chi connectivity index (χ2v) is 9.70. The molecule has 0 radical (unpaired) electrons. The normalized spacial score (nSPS) is 12.9. The van der Waals surface area contributed by atoms with E-state index in [-0.39, 0.29) is 0 Å². The molecule has 1 rings (SSSR count). The van der Waals surface area contributed by atoms with E-state index in [1.807, 2.05) is 30.4 Å². The van der Waals surface area contributed by atoms with Gasteiger partial charge in [0.05, 0.1) is 8.07 Å². The fourth-order valence-corrected chi connectivity index (χ4v) is 2.05. The monoisotopic (exact) mass is 240 g/mol. The van der Waals surface area contributed by atoms with E-state index in [1.54, 1.807) is 0 Å². The first-order chi connectivity index (χ1) is 8.06. The van der Waals surface area contributed by atoms with E-state index in [0.717, 1.165) is 0 Å². The third-order valence-corrected chi connectivity index (χ3v) is 6.53. The van der Waals surface area contributed by atoms with Crippen LogP contribution in [0.25, 0.3) is 6.08 Å². The number of hydrogen-bond donors (Lipinski definition) is 0. The van der Waals surface area contributed by atoms with Crippen molar-refractivity contribution in [3.05, 3.63) is 54.2 Å². The average Bonchev–Trinajstić information content (AvgIpc) is 2.35. The molecule has 1 aromatic carbocycles. The quantitative estimate of drug-likeness (QED) is 0.538. The van der Waals surface area contributed by atoms with Crippen molar-refractivity contribution < 1.29 is 0 Å². The standard InChI is InChI=1S/C16H20Si/c1-5-17(3,4)15(2)11-9-10-14-16-12-7-6-8-13-16/h5-8,10,12-15H,1H2,2-4H3/b14-10+. The Balaban J connectivity index is 2.63. The van der Waals surface area contributed by atoms with Gasteiger partial charge in [-0.25, -0.2) is 0 Å². The van der Waals surface area contributed by atoms with Gasteiger partial charge in [-0.1, -0.05) is 62.2 Å². The summed E-state index contributed by atoms with van der Waals surface area (Å²) >= 11 is 0. The van der Waals surface area contributed by atoms with Gasteiger partial charge in [0.1, 0.15) is 0 Å². The van der Waals surface area contributed by atoms with Crippen LogP contribution in [0.1, 0.15) is 12.5 Å². The summed E-state index contributed by atoms with van der Waals surface area (Å²) in [6, 6.07) is 10.2. The van der Waals surface area contributed by atoms with Gasteiger partial charge in [0.25, 0.3) is 0 Å². The topological polar surface area (TPSA) is 0 Å². The van der Waals surface area contributed by atoms with Gasteiger partial charge in [-0.15, -0.1) is 12.3 Å². The molecule has 0 amide bonds. The van der Waals surface area contributed by atoms with Gasteiger partial charge in [0, 0.05) is 5.54 Å². The molecule has 0 saturated heterocycles. The lowest BCUT2D eigenvalue weighted by Gasteiger charge is -2.20. The molecule has 1 atom stereocenters. The Morgan fingerprint density at radius 2 is 1.88 bits per heavy atom. The molecule has 0 aliphatic carbocycles. The first-order valence-electron chi connectivity index (χ1n) is 5.92. The Morgan fingerprint density at radius 1 is 1.24 bits per heavy atom. The first-order valence-corrected chi connectivity index (χ1v) is 9.08. The summed E-state index contributed by atoms with van der Waals surface area (Å²) in [6.45, 7) is 10.7. The molecule has 0 bridgehead atoms. The molecular weight excluding hydrogens is 220 g/mol. The highest BCUT2D eigenvalue weighted by molar-refractivity contribution is 6.84. The van der Waals surface area contributed by atoms with Crippen molar-refractivity contribution in [2.45, 2.75) is 25.6 Å². The van der Waals surface area contributed by atoms with Crippen LogP contribution in [-0.4, -0.2) is 8.07 Å². The van der Waals surface area contributed by atoms with Gasteiger partial charge in [0.15, 0.2) is 0 Å². The fourth-order valence-electron chi connectivity index (χ4n) is 1.24. The Labute approximate surface area is 106 Å². The van der Waals surface area contributed by atoms with Crippen LogP contribution in [0.2, 0.25) is 18.6 Å². The molecule has 0 N–H and O–H groups in total. The van der Waals surface area contributed by atoms with Crippen molar-refractivity contribution in [2.75, 3.05) is 0 Å². The summed E-state index contributed by atoms with van der Waals surface area (Å²) in [7, 11) is -1.35. The molecule has 0 spiro atoms. The highest BCUT2D eigenvalue weighted by Gasteiger charge is 2.22. The lowest BCUT2D eigenvalue weighted by molar-refractivity contribution is 1.18. The predicted octanol–water partition coefficient (Wildman–Crippen LogP) is 4.53. The molecule has 1 aromatic rings.